The van der Waals surface area contributed by atoms with E-state index in [1.807, 2.05) is 0 Å². The van der Waals surface area contributed by atoms with E-state index < -0.39 is 16.6 Å². The monoisotopic (exact) mass is 440 g/mol. The quantitative estimate of drug-likeness (QED) is 0.236. The smallest absolute Gasteiger partial charge is 0.193 e. The molecule has 0 unspecified atom stereocenters. The van der Waals surface area contributed by atoms with Crippen molar-refractivity contribution in [1.29, 1.82) is 0 Å². The van der Waals surface area contributed by atoms with Gasteiger partial charge in [-0.2, -0.15) is 0 Å². The van der Waals surface area contributed by atoms with E-state index in [4.69, 9.17) is 8.85 Å². The molecule has 6 heteroatoms. The summed E-state index contributed by atoms with van der Waals surface area (Å²) in [5.74, 6) is 0. The lowest BCUT2D eigenvalue weighted by Crippen LogP contribution is -2.52. The standard InChI is InChI=1S/C23H48N2O2Si2/c1-7-13-28(14-8-2,15-9-3)26-22-19-24-21-25-20-23(22)27-29(16-10-4,17-11-5)18-12-6/h22-23H,7-20H2,1-6H3/t22-,23-/m0/s1. The summed E-state index contributed by atoms with van der Waals surface area (Å²) in [4.78, 5) is 8.90. The molecule has 0 aromatic heterocycles. The fraction of sp³-hybridized carbons (Fsp3) is 0.957. The summed E-state index contributed by atoms with van der Waals surface area (Å²) in [6.45, 7) is 15.2. The Hall–Kier alpha value is -0.266. The maximum Gasteiger partial charge on any atom is 0.193 e. The fourth-order valence-corrected chi connectivity index (χ4v) is 14.7. The molecule has 170 valence electrons. The van der Waals surface area contributed by atoms with Crippen LogP contribution in [0.15, 0.2) is 9.98 Å². The third-order valence-corrected chi connectivity index (χ3v) is 16.2. The van der Waals surface area contributed by atoms with Gasteiger partial charge in [-0.1, -0.05) is 80.1 Å². The minimum atomic E-state index is -1.77. The average Bonchev–Trinajstić information content (AvgIpc) is 2.88. The zero-order chi connectivity index (χ0) is 21.6. The van der Waals surface area contributed by atoms with Gasteiger partial charge in [0, 0.05) is 0 Å². The molecule has 0 spiro atoms. The van der Waals surface area contributed by atoms with Gasteiger partial charge in [0.1, 0.15) is 0 Å². The average molecular weight is 441 g/mol. The van der Waals surface area contributed by atoms with E-state index in [9.17, 15) is 0 Å². The van der Waals surface area contributed by atoms with E-state index >= 15 is 0 Å². The molecule has 0 aromatic rings. The van der Waals surface area contributed by atoms with Gasteiger partial charge >= 0.3 is 0 Å². The van der Waals surface area contributed by atoms with Crippen LogP contribution in [0.2, 0.25) is 36.3 Å². The number of aliphatic imine (C=N–C) groups is 2. The van der Waals surface area contributed by atoms with Gasteiger partial charge in [0.2, 0.25) is 0 Å². The van der Waals surface area contributed by atoms with Crippen LogP contribution >= 0.6 is 0 Å². The van der Waals surface area contributed by atoms with Crippen molar-refractivity contribution in [2.45, 2.75) is 129 Å². The normalized spacial score (nSPS) is 20.2. The molecule has 0 fully saturated rings. The van der Waals surface area contributed by atoms with Gasteiger partial charge in [-0.3, -0.25) is 0 Å². The third kappa shape index (κ3) is 8.78. The molecule has 0 saturated carbocycles. The Bertz CT molecular complexity index is 421. The first kappa shape index (κ1) is 26.8. The van der Waals surface area contributed by atoms with E-state index in [0.29, 0.717) is 13.1 Å². The van der Waals surface area contributed by atoms with Gasteiger partial charge in [0.25, 0.3) is 0 Å². The number of nitrogens with zero attached hydrogens (tertiary/aromatic N) is 2. The largest absolute Gasteiger partial charge is 0.409 e. The number of rotatable bonds is 16. The predicted octanol–water partition coefficient (Wildman–Crippen LogP) is 7.30. The summed E-state index contributed by atoms with van der Waals surface area (Å²) < 4.78 is 14.2. The first-order valence-corrected chi connectivity index (χ1v) is 17.5. The maximum atomic E-state index is 7.12. The van der Waals surface area contributed by atoms with E-state index in [1.54, 1.807) is 0 Å². The molecule has 1 rings (SSSR count). The minimum absolute atomic E-state index is 0.0579. The van der Waals surface area contributed by atoms with E-state index in [-0.39, 0.29) is 12.2 Å². The Balaban J connectivity index is 3.12. The Morgan fingerprint density at radius 3 is 1.10 bits per heavy atom. The summed E-state index contributed by atoms with van der Waals surface area (Å²) in [5.41, 5.74) is 0. The van der Waals surface area contributed by atoms with E-state index in [2.05, 4.69) is 57.5 Å². The second-order valence-corrected chi connectivity index (χ2v) is 17.2. The molecule has 0 amide bonds. The van der Waals surface area contributed by atoms with Gasteiger partial charge in [0.15, 0.2) is 16.6 Å². The zero-order valence-corrected chi connectivity index (χ0v) is 22.3. The van der Waals surface area contributed by atoms with Crippen LogP contribution in [0.5, 0.6) is 0 Å². The maximum absolute atomic E-state index is 7.12. The summed E-state index contributed by atoms with van der Waals surface area (Å²) in [7, 11) is -3.54. The molecule has 1 aliphatic rings. The van der Waals surface area contributed by atoms with Crippen LogP contribution in [0, 0.1) is 0 Å². The van der Waals surface area contributed by atoms with Crippen molar-refractivity contribution in [3.63, 3.8) is 0 Å². The van der Waals surface area contributed by atoms with Gasteiger partial charge in [0.05, 0.1) is 31.3 Å². The highest BCUT2D eigenvalue weighted by Gasteiger charge is 2.42. The van der Waals surface area contributed by atoms with Crippen molar-refractivity contribution >= 4 is 22.6 Å². The summed E-state index contributed by atoms with van der Waals surface area (Å²) in [5, 5.41) is 0. The van der Waals surface area contributed by atoms with Crippen molar-refractivity contribution in [3.8, 4) is 0 Å². The highest BCUT2D eigenvalue weighted by Crippen LogP contribution is 2.33. The van der Waals surface area contributed by atoms with Crippen LogP contribution in [-0.4, -0.2) is 47.9 Å². The van der Waals surface area contributed by atoms with Crippen LogP contribution in [0.1, 0.15) is 80.1 Å². The third-order valence-electron chi connectivity index (χ3n) is 6.13. The second-order valence-electron chi connectivity index (χ2n) is 8.96. The Morgan fingerprint density at radius 1 is 0.586 bits per heavy atom. The second kappa shape index (κ2) is 14.7. The van der Waals surface area contributed by atoms with Gasteiger partial charge in [-0.15, -0.1) is 0 Å². The first-order valence-electron chi connectivity index (χ1n) is 12.5. The molecule has 4 nitrogen and oxygen atoms in total. The number of hydrogen-bond acceptors (Lipinski definition) is 4. The highest BCUT2D eigenvalue weighted by molar-refractivity contribution is 6.74. The van der Waals surface area contributed by atoms with E-state index in [0.717, 1.165) is 0 Å². The molecule has 0 N–H and O–H groups in total. The first-order chi connectivity index (χ1) is 14.0. The van der Waals surface area contributed by atoms with Crippen LogP contribution in [0.25, 0.3) is 0 Å². The van der Waals surface area contributed by atoms with E-state index in [1.165, 1.54) is 74.8 Å². The molecule has 1 aliphatic heterocycles. The van der Waals surface area contributed by atoms with Crippen molar-refractivity contribution < 1.29 is 8.85 Å². The van der Waals surface area contributed by atoms with Crippen LogP contribution in [0.4, 0.5) is 0 Å². The Morgan fingerprint density at radius 2 is 0.862 bits per heavy atom. The molecular weight excluding hydrogens is 392 g/mol. The SMILES string of the molecule is CCC[Si](CCC)(CCC)O[C@H]1CN=C=NC[C@@H]1O[Si](CCC)(CCC)CCC. The lowest BCUT2D eigenvalue weighted by Gasteiger charge is -2.41. The van der Waals surface area contributed by atoms with Crippen molar-refractivity contribution in [2.75, 3.05) is 13.1 Å². The Kier molecular flexibility index (Phi) is 13.6. The lowest BCUT2D eigenvalue weighted by molar-refractivity contribution is 0.0501. The van der Waals surface area contributed by atoms with Crippen LogP contribution in [-0.2, 0) is 8.85 Å². The molecule has 0 saturated heterocycles. The molecular formula is C23H48N2O2Si2. The Labute approximate surface area is 183 Å². The zero-order valence-electron chi connectivity index (χ0n) is 20.3. The van der Waals surface area contributed by atoms with Gasteiger partial charge in [-0.05, 0) is 36.3 Å². The molecule has 1 heterocycles. The topological polar surface area (TPSA) is 43.2 Å². The molecule has 0 aliphatic carbocycles. The van der Waals surface area contributed by atoms with Crippen LogP contribution < -0.4 is 0 Å². The van der Waals surface area contributed by atoms with Crippen molar-refractivity contribution in [2.24, 2.45) is 9.98 Å². The summed E-state index contributed by atoms with van der Waals surface area (Å²) in [6, 6.07) is 10.4. The number of hydrogen-bond donors (Lipinski definition) is 0. The molecule has 0 radical (unpaired) electrons. The van der Waals surface area contributed by atoms with Crippen LogP contribution in [0.3, 0.4) is 0 Å². The van der Waals surface area contributed by atoms with Crippen molar-refractivity contribution in [3.05, 3.63) is 0 Å². The summed E-state index contributed by atoms with van der Waals surface area (Å²) in [6.07, 6.45) is 7.39. The fourth-order valence-electron chi connectivity index (χ4n) is 5.25. The molecule has 29 heavy (non-hydrogen) atoms. The summed E-state index contributed by atoms with van der Waals surface area (Å²) >= 11 is 0. The lowest BCUT2D eigenvalue weighted by atomic mass is 10.2. The molecule has 0 bridgehead atoms. The van der Waals surface area contributed by atoms with Gasteiger partial charge < -0.3 is 8.85 Å². The highest BCUT2D eigenvalue weighted by atomic mass is 28.4. The molecule has 0 aromatic carbocycles. The predicted molar refractivity (Wildman–Crippen MR) is 131 cm³/mol. The van der Waals surface area contributed by atoms with Gasteiger partial charge in [-0.25, -0.2) is 9.98 Å². The minimum Gasteiger partial charge on any atom is -0.409 e. The molecule has 2 atom stereocenters. The van der Waals surface area contributed by atoms with Crippen molar-refractivity contribution in [1.82, 2.24) is 0 Å².